The standard InChI is InChI=1S/C19H25N3O4/c1-20-15-8-4-5-9-16(15)22(19(20)25)13-10-18(24)26-14-17(23)21-11-6-2-3-7-12-21/h4-5,8-9H,2-3,6-7,10-14H2,1H3. The highest BCUT2D eigenvalue weighted by molar-refractivity contribution is 5.81. The van der Waals surface area contributed by atoms with Crippen LogP contribution < -0.4 is 5.69 Å². The van der Waals surface area contributed by atoms with Crippen LogP contribution in [0.1, 0.15) is 32.1 Å². The summed E-state index contributed by atoms with van der Waals surface area (Å²) in [5.41, 5.74) is 1.44. The smallest absolute Gasteiger partial charge is 0.328 e. The lowest BCUT2D eigenvalue weighted by Crippen LogP contribution is -2.35. The second-order valence-electron chi connectivity index (χ2n) is 6.69. The number of fused-ring (bicyclic) bond motifs is 1. The first kappa shape index (κ1) is 18.2. The lowest BCUT2D eigenvalue weighted by atomic mass is 10.2. The Bertz CT molecular complexity index is 844. The van der Waals surface area contributed by atoms with Crippen LogP contribution >= 0.6 is 0 Å². The number of para-hydroxylation sites is 2. The average Bonchev–Trinajstić information content (AvgIpc) is 2.85. The Hall–Kier alpha value is -2.57. The lowest BCUT2D eigenvalue weighted by molar-refractivity contribution is -0.152. The molecule has 2 heterocycles. The van der Waals surface area contributed by atoms with Crippen molar-refractivity contribution in [1.29, 1.82) is 0 Å². The molecule has 7 nitrogen and oxygen atoms in total. The minimum Gasteiger partial charge on any atom is -0.456 e. The quantitative estimate of drug-likeness (QED) is 0.762. The summed E-state index contributed by atoms with van der Waals surface area (Å²) < 4.78 is 8.25. The third-order valence-electron chi connectivity index (χ3n) is 4.91. The van der Waals surface area contributed by atoms with Gasteiger partial charge in [0.2, 0.25) is 0 Å². The Kier molecular flexibility index (Phi) is 5.75. The topological polar surface area (TPSA) is 73.5 Å². The van der Waals surface area contributed by atoms with Crippen molar-refractivity contribution in [3.05, 3.63) is 34.7 Å². The predicted molar refractivity (Wildman–Crippen MR) is 97.8 cm³/mol. The molecule has 1 aliphatic rings. The zero-order chi connectivity index (χ0) is 18.5. The maximum absolute atomic E-state index is 12.3. The van der Waals surface area contributed by atoms with E-state index in [1.165, 1.54) is 0 Å². The minimum absolute atomic E-state index is 0.0567. The second-order valence-corrected chi connectivity index (χ2v) is 6.69. The van der Waals surface area contributed by atoms with E-state index < -0.39 is 5.97 Å². The first-order valence-corrected chi connectivity index (χ1v) is 9.15. The molecule has 0 unspecified atom stereocenters. The number of aromatic nitrogens is 2. The maximum Gasteiger partial charge on any atom is 0.328 e. The van der Waals surface area contributed by atoms with Gasteiger partial charge in [0.15, 0.2) is 6.61 Å². The van der Waals surface area contributed by atoms with Crippen LogP contribution in [0.5, 0.6) is 0 Å². The summed E-state index contributed by atoms with van der Waals surface area (Å²) in [6, 6.07) is 7.45. The highest BCUT2D eigenvalue weighted by atomic mass is 16.5. The van der Waals surface area contributed by atoms with Crippen LogP contribution in [0.4, 0.5) is 0 Å². The third-order valence-corrected chi connectivity index (χ3v) is 4.91. The van der Waals surface area contributed by atoms with Gasteiger partial charge in [-0.1, -0.05) is 25.0 Å². The number of hydrogen-bond donors (Lipinski definition) is 0. The molecule has 0 radical (unpaired) electrons. The van der Waals surface area contributed by atoms with Gasteiger partial charge in [-0.3, -0.25) is 18.7 Å². The van der Waals surface area contributed by atoms with E-state index in [1.54, 1.807) is 21.1 Å². The van der Waals surface area contributed by atoms with Gasteiger partial charge in [-0.25, -0.2) is 4.79 Å². The highest BCUT2D eigenvalue weighted by Crippen LogP contribution is 2.12. The number of imidazole rings is 1. The van der Waals surface area contributed by atoms with Gasteiger partial charge in [0.25, 0.3) is 5.91 Å². The number of likely N-dealkylation sites (tertiary alicyclic amines) is 1. The van der Waals surface area contributed by atoms with Crippen LogP contribution in [0.3, 0.4) is 0 Å². The number of rotatable bonds is 5. The summed E-state index contributed by atoms with van der Waals surface area (Å²) in [7, 11) is 1.71. The first-order valence-electron chi connectivity index (χ1n) is 9.15. The van der Waals surface area contributed by atoms with Crippen molar-refractivity contribution in [1.82, 2.24) is 14.0 Å². The van der Waals surface area contributed by atoms with Crippen molar-refractivity contribution in [2.45, 2.75) is 38.6 Å². The van der Waals surface area contributed by atoms with Gasteiger partial charge in [-0.05, 0) is 25.0 Å². The molecule has 2 aromatic rings. The number of esters is 1. The Labute approximate surface area is 152 Å². The number of carbonyl (C=O) groups is 2. The molecule has 0 aliphatic carbocycles. The summed E-state index contributed by atoms with van der Waals surface area (Å²) in [6.07, 6.45) is 4.35. The fraction of sp³-hybridized carbons (Fsp3) is 0.526. The largest absolute Gasteiger partial charge is 0.456 e. The average molecular weight is 359 g/mol. The van der Waals surface area contributed by atoms with Gasteiger partial charge in [-0.15, -0.1) is 0 Å². The SMILES string of the molecule is Cn1c(=O)n(CCC(=O)OCC(=O)N2CCCCCC2)c2ccccc21. The molecule has 1 aliphatic heterocycles. The molecule has 140 valence electrons. The van der Waals surface area contributed by atoms with Crippen molar-refractivity contribution < 1.29 is 14.3 Å². The van der Waals surface area contributed by atoms with E-state index in [9.17, 15) is 14.4 Å². The van der Waals surface area contributed by atoms with E-state index in [1.807, 2.05) is 24.3 Å². The Morgan fingerprint density at radius 3 is 2.38 bits per heavy atom. The van der Waals surface area contributed by atoms with Crippen LogP contribution in [-0.4, -0.2) is 45.6 Å². The molecule has 1 aromatic heterocycles. The van der Waals surface area contributed by atoms with Crippen molar-refractivity contribution in [2.24, 2.45) is 7.05 Å². The minimum atomic E-state index is -0.465. The first-order chi connectivity index (χ1) is 12.6. The molecule has 1 fully saturated rings. The number of aryl methyl sites for hydroxylation is 2. The Balaban J connectivity index is 1.54. The molecule has 3 rings (SSSR count). The predicted octanol–water partition coefficient (Wildman–Crippen LogP) is 1.68. The van der Waals surface area contributed by atoms with Crippen molar-refractivity contribution in [2.75, 3.05) is 19.7 Å². The number of hydrogen-bond acceptors (Lipinski definition) is 4. The molecule has 0 spiro atoms. The number of amides is 1. The molecule has 0 N–H and O–H groups in total. The van der Waals surface area contributed by atoms with Crippen molar-refractivity contribution in [3.63, 3.8) is 0 Å². The molecule has 1 aromatic carbocycles. The van der Waals surface area contributed by atoms with Crippen LogP contribution in [-0.2, 0) is 27.9 Å². The second kappa shape index (κ2) is 8.21. The van der Waals surface area contributed by atoms with E-state index in [0.29, 0.717) is 0 Å². The zero-order valence-electron chi connectivity index (χ0n) is 15.1. The molecule has 0 saturated carbocycles. The number of ether oxygens (including phenoxy) is 1. The third kappa shape index (κ3) is 3.98. The fourth-order valence-corrected chi connectivity index (χ4v) is 3.41. The fourth-order valence-electron chi connectivity index (χ4n) is 3.41. The molecule has 0 atom stereocenters. The number of carbonyl (C=O) groups excluding carboxylic acids is 2. The van der Waals surface area contributed by atoms with Crippen LogP contribution in [0, 0.1) is 0 Å². The maximum atomic E-state index is 12.3. The summed E-state index contributed by atoms with van der Waals surface area (Å²) in [5.74, 6) is -0.601. The summed E-state index contributed by atoms with van der Waals surface area (Å²) in [6.45, 7) is 1.49. The van der Waals surface area contributed by atoms with E-state index >= 15 is 0 Å². The van der Waals surface area contributed by atoms with E-state index in [2.05, 4.69) is 0 Å². The molecule has 0 bridgehead atoms. The molecular formula is C19H25N3O4. The van der Waals surface area contributed by atoms with Crippen LogP contribution in [0.15, 0.2) is 29.1 Å². The van der Waals surface area contributed by atoms with Gasteiger partial charge in [0.1, 0.15) is 0 Å². The summed E-state index contributed by atoms with van der Waals surface area (Å²) in [4.78, 5) is 38.3. The van der Waals surface area contributed by atoms with E-state index in [4.69, 9.17) is 4.74 Å². The van der Waals surface area contributed by atoms with Gasteiger partial charge in [0, 0.05) is 26.7 Å². The van der Waals surface area contributed by atoms with Crippen molar-refractivity contribution >= 4 is 22.9 Å². The molecular weight excluding hydrogens is 334 g/mol. The van der Waals surface area contributed by atoms with Crippen LogP contribution in [0.2, 0.25) is 0 Å². The van der Waals surface area contributed by atoms with Gasteiger partial charge in [0.05, 0.1) is 17.5 Å². The van der Waals surface area contributed by atoms with Gasteiger partial charge < -0.3 is 9.64 Å². The number of nitrogens with zero attached hydrogens (tertiary/aromatic N) is 3. The van der Waals surface area contributed by atoms with E-state index in [0.717, 1.165) is 49.8 Å². The monoisotopic (exact) mass is 359 g/mol. The van der Waals surface area contributed by atoms with Crippen LogP contribution in [0.25, 0.3) is 11.0 Å². The summed E-state index contributed by atoms with van der Waals surface area (Å²) >= 11 is 0. The molecule has 1 amide bonds. The molecule has 7 heteroatoms. The summed E-state index contributed by atoms with van der Waals surface area (Å²) in [5, 5.41) is 0. The Morgan fingerprint density at radius 2 is 1.69 bits per heavy atom. The van der Waals surface area contributed by atoms with E-state index in [-0.39, 0.29) is 31.2 Å². The zero-order valence-corrected chi connectivity index (χ0v) is 15.1. The van der Waals surface area contributed by atoms with Gasteiger partial charge >= 0.3 is 11.7 Å². The normalized spacial score (nSPS) is 15.0. The van der Waals surface area contributed by atoms with Crippen molar-refractivity contribution in [3.8, 4) is 0 Å². The van der Waals surface area contributed by atoms with Gasteiger partial charge in [-0.2, -0.15) is 0 Å². The molecule has 1 saturated heterocycles. The lowest BCUT2D eigenvalue weighted by Gasteiger charge is -2.19. The number of benzene rings is 1. The Morgan fingerprint density at radius 1 is 1.04 bits per heavy atom. The highest BCUT2D eigenvalue weighted by Gasteiger charge is 2.17. The molecule has 26 heavy (non-hydrogen) atoms.